The summed E-state index contributed by atoms with van der Waals surface area (Å²) in [4.78, 5) is 69.0. The van der Waals surface area contributed by atoms with Crippen molar-refractivity contribution in [1.82, 2.24) is 14.9 Å². The van der Waals surface area contributed by atoms with Crippen molar-refractivity contribution in [2.75, 3.05) is 25.5 Å². The molecule has 16 atom stereocenters. The number of aliphatic hydroxyl groups is 8. The van der Waals surface area contributed by atoms with Crippen molar-refractivity contribution in [3.63, 3.8) is 0 Å². The van der Waals surface area contributed by atoms with E-state index in [1.54, 1.807) is 0 Å². The molecule has 0 saturated carbocycles. The van der Waals surface area contributed by atoms with Gasteiger partial charge in [0.15, 0.2) is 6.23 Å². The SMILES string of the molecule is CC1C(O)CC(OP(=O)(O)OCC2OC(n3ccc(N)nc3=O)C(O)C2O)(C(=O)O)OC1[C@H](O)[C@H](O)CNC(=O)C[C@H]1OC(COP(=O)(O)O)[C@@H](O)[C@H](O)C1O. The van der Waals surface area contributed by atoms with E-state index in [1.165, 1.54) is 13.0 Å². The number of carboxylic acids is 1. The molecule has 0 bridgehead atoms. The maximum absolute atomic E-state index is 13.0. The Hall–Kier alpha value is -2.60. The lowest BCUT2D eigenvalue weighted by Crippen LogP contribution is -2.61. The second kappa shape index (κ2) is 18.1. The lowest BCUT2D eigenvalue weighted by atomic mass is 9.84. The number of nitrogens with two attached hydrogens (primary N) is 1. The first-order chi connectivity index (χ1) is 25.9. The van der Waals surface area contributed by atoms with Gasteiger partial charge in [0.1, 0.15) is 54.6 Å². The van der Waals surface area contributed by atoms with E-state index in [1.807, 2.05) is 0 Å². The number of nitrogen functional groups attached to an aromatic ring is 1. The first kappa shape index (κ1) is 46.1. The fourth-order valence-electron chi connectivity index (χ4n) is 6.09. The number of hydrogen-bond acceptors (Lipinski definition) is 21. The van der Waals surface area contributed by atoms with Gasteiger partial charge >= 0.3 is 27.3 Å². The zero-order valence-corrected chi connectivity index (χ0v) is 30.8. The zero-order valence-electron chi connectivity index (χ0n) is 29.0. The minimum absolute atomic E-state index is 0.162. The van der Waals surface area contributed by atoms with Crippen molar-refractivity contribution >= 4 is 33.3 Å². The fraction of sp³-hybridized carbons (Fsp3) is 0.778. The van der Waals surface area contributed by atoms with Crippen molar-refractivity contribution in [3.8, 4) is 0 Å². The molecule has 27 nitrogen and oxygen atoms in total. The molecule has 4 heterocycles. The molecule has 3 saturated heterocycles. The molecule has 1 amide bonds. The van der Waals surface area contributed by atoms with Gasteiger partial charge in [-0.2, -0.15) is 4.98 Å². The topological polar surface area (TPSA) is 439 Å². The quantitative estimate of drug-likeness (QED) is 0.0687. The molecule has 4 rings (SSSR count). The Morgan fingerprint density at radius 2 is 1.57 bits per heavy atom. The van der Waals surface area contributed by atoms with Gasteiger partial charge in [-0.05, 0) is 6.07 Å². The number of nitrogens with zero attached hydrogens (tertiary/aromatic N) is 2. The number of hydrogen-bond donors (Lipinski definition) is 14. The van der Waals surface area contributed by atoms with Gasteiger partial charge in [-0.15, -0.1) is 0 Å². The number of carbonyl (C=O) groups excluding carboxylic acids is 1. The molecule has 11 unspecified atom stereocenters. The summed E-state index contributed by atoms with van der Waals surface area (Å²) in [6.07, 6.45) is -24.2. The van der Waals surface area contributed by atoms with Crippen molar-refractivity contribution < 1.29 is 107 Å². The number of aliphatic carboxylic acids is 1. The van der Waals surface area contributed by atoms with Crippen LogP contribution < -0.4 is 16.7 Å². The Balaban J connectivity index is 1.37. The van der Waals surface area contributed by atoms with Gasteiger partial charge in [0.05, 0.1) is 44.1 Å². The highest BCUT2D eigenvalue weighted by molar-refractivity contribution is 7.47. The van der Waals surface area contributed by atoms with E-state index in [-0.39, 0.29) is 5.82 Å². The minimum Gasteiger partial charge on any atom is -0.477 e. The number of anilines is 1. The Morgan fingerprint density at radius 3 is 2.18 bits per heavy atom. The van der Waals surface area contributed by atoms with Crippen LogP contribution in [0.5, 0.6) is 0 Å². The predicted octanol–water partition coefficient (Wildman–Crippen LogP) is -6.67. The van der Waals surface area contributed by atoms with Crippen LogP contribution >= 0.6 is 15.6 Å². The van der Waals surface area contributed by atoms with E-state index in [0.717, 1.165) is 10.8 Å². The number of phosphoric acid groups is 2. The molecule has 29 heteroatoms. The molecule has 320 valence electrons. The summed E-state index contributed by atoms with van der Waals surface area (Å²) in [6.45, 7) is -1.57. The molecule has 15 N–H and O–H groups in total. The highest BCUT2D eigenvalue weighted by atomic mass is 31.2. The third-order valence-electron chi connectivity index (χ3n) is 9.23. The largest absolute Gasteiger partial charge is 0.477 e. The van der Waals surface area contributed by atoms with Crippen LogP contribution in [0.4, 0.5) is 5.82 Å². The number of aliphatic hydroxyl groups excluding tert-OH is 8. The standard InChI is InChI=1S/C27H44N4O23P2/c1-9-10(32)5-27(25(41)42,54-56(47,48)50-8-14-20(38)22(40)24(52-14)31-3-2-15(28)30-26(31)43)53-23(9)17(35)11(33)6-29-16(34)4-12-18(36)21(39)19(37)13(51-12)7-49-55(44,45)46/h2-3,9-14,17-24,32-33,35-40H,4-8H2,1H3,(H,29,34)(H,41,42)(H,47,48)(H2,28,30,43)(H2,44,45,46)/t9?,10?,11-,12-,13?,14?,17-,18?,19-,20?,21-,22?,23?,24?,27?/m1/s1. The molecular formula is C27H44N4O23P2. The summed E-state index contributed by atoms with van der Waals surface area (Å²) < 4.78 is 54.8. The average Bonchev–Trinajstić information content (AvgIpc) is 3.38. The van der Waals surface area contributed by atoms with Crippen LogP contribution in [-0.4, -0.2) is 181 Å². The lowest BCUT2D eigenvalue weighted by Gasteiger charge is -2.45. The van der Waals surface area contributed by atoms with Gasteiger partial charge in [0, 0.05) is 25.1 Å². The van der Waals surface area contributed by atoms with Crippen LogP contribution in [0.25, 0.3) is 0 Å². The molecular weight excluding hydrogens is 810 g/mol. The highest BCUT2D eigenvalue weighted by Gasteiger charge is 2.58. The van der Waals surface area contributed by atoms with Crippen molar-refractivity contribution in [1.29, 1.82) is 0 Å². The fourth-order valence-corrected chi connectivity index (χ4v) is 7.38. The molecule has 0 radical (unpaired) electrons. The molecule has 3 aliphatic rings. The number of rotatable bonds is 16. The second-order valence-electron chi connectivity index (χ2n) is 13.3. The highest BCUT2D eigenvalue weighted by Crippen LogP contribution is 2.52. The van der Waals surface area contributed by atoms with Crippen molar-refractivity contribution in [2.45, 2.75) is 105 Å². The summed E-state index contributed by atoms with van der Waals surface area (Å²) in [7, 11) is -10.6. The Bertz CT molecular complexity index is 1700. The molecule has 3 aliphatic heterocycles. The van der Waals surface area contributed by atoms with Crippen LogP contribution in [0.3, 0.4) is 0 Å². The van der Waals surface area contributed by atoms with Crippen LogP contribution in [-0.2, 0) is 46.5 Å². The molecule has 0 spiro atoms. The van der Waals surface area contributed by atoms with Crippen molar-refractivity contribution in [2.24, 2.45) is 5.92 Å². The Kier molecular flexibility index (Phi) is 14.9. The molecule has 0 aliphatic carbocycles. The van der Waals surface area contributed by atoms with Gasteiger partial charge in [0.2, 0.25) is 5.91 Å². The Labute approximate surface area is 314 Å². The molecule has 3 fully saturated rings. The lowest BCUT2D eigenvalue weighted by molar-refractivity contribution is -0.295. The molecule has 0 aromatic carbocycles. The first-order valence-electron chi connectivity index (χ1n) is 16.5. The van der Waals surface area contributed by atoms with E-state index >= 15 is 0 Å². The van der Waals surface area contributed by atoms with Gasteiger partial charge in [-0.1, -0.05) is 6.92 Å². The zero-order chi connectivity index (χ0) is 42.1. The van der Waals surface area contributed by atoms with Crippen molar-refractivity contribution in [3.05, 3.63) is 22.7 Å². The van der Waals surface area contributed by atoms with Gasteiger partial charge in [0.25, 0.3) is 5.79 Å². The predicted molar refractivity (Wildman–Crippen MR) is 175 cm³/mol. The smallest absolute Gasteiger partial charge is 0.475 e. The van der Waals surface area contributed by atoms with E-state index in [4.69, 9.17) is 38.8 Å². The number of ether oxygens (including phenoxy) is 3. The number of aromatic nitrogens is 2. The summed E-state index contributed by atoms with van der Waals surface area (Å²) in [6, 6.07) is 1.18. The maximum atomic E-state index is 13.0. The third kappa shape index (κ3) is 10.9. The second-order valence-corrected chi connectivity index (χ2v) is 15.9. The Morgan fingerprint density at radius 1 is 0.982 bits per heavy atom. The number of nitrogens with one attached hydrogen (secondary N) is 1. The van der Waals surface area contributed by atoms with Crippen LogP contribution in [0, 0.1) is 5.92 Å². The minimum atomic E-state index is -5.59. The third-order valence-corrected chi connectivity index (χ3v) is 10.7. The van der Waals surface area contributed by atoms with E-state index in [2.05, 4.69) is 14.8 Å². The average molecular weight is 855 g/mol. The van der Waals surface area contributed by atoms with E-state index < -0.39 is 157 Å². The summed E-state index contributed by atoms with van der Waals surface area (Å²) in [5.74, 6) is -7.71. The van der Waals surface area contributed by atoms with Gasteiger partial charge < -0.3 is 85.9 Å². The monoisotopic (exact) mass is 854 g/mol. The number of carbonyl (C=O) groups is 2. The summed E-state index contributed by atoms with van der Waals surface area (Å²) >= 11 is 0. The molecule has 1 aromatic rings. The normalized spacial score (nSPS) is 37.4. The van der Waals surface area contributed by atoms with E-state index in [9.17, 15) is 74.4 Å². The number of carboxylic acid groups (broad SMARTS) is 1. The first-order valence-corrected chi connectivity index (χ1v) is 19.5. The summed E-state index contributed by atoms with van der Waals surface area (Å²) in [5, 5.41) is 95.8. The molecule has 1 aromatic heterocycles. The number of amides is 1. The molecule has 56 heavy (non-hydrogen) atoms. The summed E-state index contributed by atoms with van der Waals surface area (Å²) in [5.41, 5.74) is 4.46. The van der Waals surface area contributed by atoms with Crippen LogP contribution in [0.15, 0.2) is 17.1 Å². The van der Waals surface area contributed by atoms with Gasteiger partial charge in [-0.3, -0.25) is 18.4 Å². The van der Waals surface area contributed by atoms with E-state index in [0.29, 0.717) is 0 Å². The van der Waals surface area contributed by atoms with Crippen LogP contribution in [0.2, 0.25) is 0 Å². The van der Waals surface area contributed by atoms with Crippen LogP contribution in [0.1, 0.15) is 26.0 Å². The van der Waals surface area contributed by atoms with Gasteiger partial charge in [-0.25, -0.2) is 23.2 Å². The number of phosphoric ester groups is 2. The maximum Gasteiger partial charge on any atom is 0.475 e.